The number of rotatable bonds is 3. The number of hydrogen-bond acceptors (Lipinski definition) is 4. The Bertz CT molecular complexity index is 389. The van der Waals surface area contributed by atoms with E-state index < -0.39 is 0 Å². The molecule has 1 fully saturated rings. The number of hydrogen-bond donors (Lipinski definition) is 2. The maximum absolute atomic E-state index is 6.07. The van der Waals surface area contributed by atoms with Gasteiger partial charge < -0.3 is 10.6 Å². The minimum Gasteiger partial charge on any atom is -0.354 e. The second-order valence-corrected chi connectivity index (χ2v) is 4.55. The molecule has 80 valence electrons. The molecule has 1 saturated carbocycles. The Balaban J connectivity index is 1.79. The van der Waals surface area contributed by atoms with Crippen LogP contribution in [0.15, 0.2) is 0 Å². The maximum Gasteiger partial charge on any atom is 0.224 e. The smallest absolute Gasteiger partial charge is 0.224 e. The van der Waals surface area contributed by atoms with Gasteiger partial charge in [-0.25, -0.2) is 9.97 Å². The first-order valence-electron chi connectivity index (χ1n) is 5.33. The van der Waals surface area contributed by atoms with Crippen molar-refractivity contribution < 1.29 is 0 Å². The van der Waals surface area contributed by atoms with Gasteiger partial charge in [-0.2, -0.15) is 0 Å². The normalized spacial score (nSPS) is 19.0. The zero-order chi connectivity index (χ0) is 10.3. The largest absolute Gasteiger partial charge is 0.354 e. The molecular weight excluding hydrogens is 212 g/mol. The molecule has 4 nitrogen and oxygen atoms in total. The van der Waals surface area contributed by atoms with Gasteiger partial charge in [0.05, 0.1) is 5.69 Å². The molecule has 2 N–H and O–H groups in total. The van der Waals surface area contributed by atoms with E-state index in [-0.39, 0.29) is 0 Å². The average Bonchev–Trinajstić information content (AvgIpc) is 2.93. The van der Waals surface area contributed by atoms with E-state index in [1.807, 2.05) is 0 Å². The van der Waals surface area contributed by atoms with E-state index in [4.69, 9.17) is 11.6 Å². The van der Waals surface area contributed by atoms with Crippen molar-refractivity contribution in [2.75, 3.05) is 11.9 Å². The molecule has 0 bridgehead atoms. The van der Waals surface area contributed by atoms with Gasteiger partial charge in [-0.3, -0.25) is 0 Å². The molecule has 5 heteroatoms. The van der Waals surface area contributed by atoms with Crippen LogP contribution in [0.4, 0.5) is 5.95 Å². The number of anilines is 1. The van der Waals surface area contributed by atoms with Gasteiger partial charge >= 0.3 is 0 Å². The fourth-order valence-electron chi connectivity index (χ4n) is 1.76. The molecule has 0 amide bonds. The fourth-order valence-corrected chi connectivity index (χ4v) is 2.02. The summed E-state index contributed by atoms with van der Waals surface area (Å²) in [5.41, 5.74) is 2.09. The number of aromatic nitrogens is 2. The van der Waals surface area contributed by atoms with Crippen LogP contribution < -0.4 is 10.6 Å². The van der Waals surface area contributed by atoms with Crippen molar-refractivity contribution in [2.45, 2.75) is 25.9 Å². The predicted octanol–water partition coefficient (Wildman–Crippen LogP) is 1.56. The van der Waals surface area contributed by atoms with Crippen LogP contribution >= 0.6 is 11.6 Å². The van der Waals surface area contributed by atoms with E-state index in [0.29, 0.717) is 11.1 Å². The molecule has 3 rings (SSSR count). The highest BCUT2D eigenvalue weighted by atomic mass is 35.5. The molecule has 1 aliphatic carbocycles. The van der Waals surface area contributed by atoms with Crippen LogP contribution in [0.5, 0.6) is 0 Å². The topological polar surface area (TPSA) is 49.8 Å². The second kappa shape index (κ2) is 3.61. The van der Waals surface area contributed by atoms with Crippen molar-refractivity contribution in [1.29, 1.82) is 0 Å². The van der Waals surface area contributed by atoms with E-state index in [0.717, 1.165) is 36.8 Å². The van der Waals surface area contributed by atoms with E-state index >= 15 is 0 Å². The highest BCUT2D eigenvalue weighted by Crippen LogP contribution is 2.29. The van der Waals surface area contributed by atoms with Crippen LogP contribution in [0.25, 0.3) is 0 Å². The summed E-state index contributed by atoms with van der Waals surface area (Å²) >= 11 is 6.07. The van der Waals surface area contributed by atoms with Crippen molar-refractivity contribution in [2.24, 2.45) is 5.92 Å². The molecule has 1 aliphatic heterocycles. The lowest BCUT2D eigenvalue weighted by molar-refractivity contribution is 0.757. The summed E-state index contributed by atoms with van der Waals surface area (Å²) in [6.07, 6.45) is 2.65. The van der Waals surface area contributed by atoms with Crippen LogP contribution in [0.1, 0.15) is 24.1 Å². The van der Waals surface area contributed by atoms with Gasteiger partial charge in [0.15, 0.2) is 0 Å². The molecule has 0 aromatic carbocycles. The third-order valence-corrected chi connectivity index (χ3v) is 3.19. The maximum atomic E-state index is 6.07. The molecule has 1 aromatic rings. The molecule has 0 spiro atoms. The van der Waals surface area contributed by atoms with Gasteiger partial charge in [-0.15, -0.1) is 0 Å². The molecule has 0 radical (unpaired) electrons. The van der Waals surface area contributed by atoms with Crippen molar-refractivity contribution >= 4 is 17.5 Å². The predicted molar refractivity (Wildman–Crippen MR) is 58.8 cm³/mol. The van der Waals surface area contributed by atoms with Crippen molar-refractivity contribution in [3.63, 3.8) is 0 Å². The van der Waals surface area contributed by atoms with Gasteiger partial charge in [0, 0.05) is 25.2 Å². The van der Waals surface area contributed by atoms with Gasteiger partial charge in [0.25, 0.3) is 0 Å². The molecule has 2 heterocycles. The Labute approximate surface area is 93.5 Å². The van der Waals surface area contributed by atoms with Crippen LogP contribution in [0.3, 0.4) is 0 Å². The quantitative estimate of drug-likeness (QED) is 0.765. The summed E-state index contributed by atoms with van der Waals surface area (Å²) in [7, 11) is 0. The van der Waals surface area contributed by atoms with Crippen LogP contribution in [0.2, 0.25) is 5.15 Å². The summed E-state index contributed by atoms with van der Waals surface area (Å²) in [5.74, 6) is 1.49. The highest BCUT2D eigenvalue weighted by molar-refractivity contribution is 6.30. The highest BCUT2D eigenvalue weighted by Gasteiger charge is 2.22. The van der Waals surface area contributed by atoms with Gasteiger partial charge in [-0.1, -0.05) is 11.6 Å². The first kappa shape index (κ1) is 9.36. The molecule has 0 unspecified atom stereocenters. The SMILES string of the molecule is Clc1nc(NCC2CC2)nc2c1CNC2. The first-order valence-corrected chi connectivity index (χ1v) is 5.70. The first-order chi connectivity index (χ1) is 7.33. The average molecular weight is 225 g/mol. The third-order valence-electron chi connectivity index (χ3n) is 2.88. The molecule has 0 saturated heterocycles. The lowest BCUT2D eigenvalue weighted by atomic mass is 10.3. The van der Waals surface area contributed by atoms with E-state index in [9.17, 15) is 0 Å². The van der Waals surface area contributed by atoms with Crippen LogP contribution in [-0.2, 0) is 13.1 Å². The zero-order valence-electron chi connectivity index (χ0n) is 8.39. The lowest BCUT2D eigenvalue weighted by Crippen LogP contribution is -2.08. The van der Waals surface area contributed by atoms with Gasteiger partial charge in [-0.05, 0) is 18.8 Å². The minimum atomic E-state index is 0.586. The van der Waals surface area contributed by atoms with E-state index in [1.54, 1.807) is 0 Å². The Morgan fingerprint density at radius 3 is 3.00 bits per heavy atom. The fraction of sp³-hybridized carbons (Fsp3) is 0.600. The summed E-state index contributed by atoms with van der Waals surface area (Å²) < 4.78 is 0. The minimum absolute atomic E-state index is 0.586. The zero-order valence-corrected chi connectivity index (χ0v) is 9.14. The Morgan fingerprint density at radius 2 is 2.20 bits per heavy atom. The van der Waals surface area contributed by atoms with Crippen molar-refractivity contribution in [3.8, 4) is 0 Å². The van der Waals surface area contributed by atoms with Crippen LogP contribution in [0, 0.1) is 5.92 Å². The van der Waals surface area contributed by atoms with Crippen molar-refractivity contribution in [1.82, 2.24) is 15.3 Å². The Kier molecular flexibility index (Phi) is 2.25. The molecule has 2 aliphatic rings. The summed E-state index contributed by atoms with van der Waals surface area (Å²) in [4.78, 5) is 8.69. The number of fused-ring (bicyclic) bond motifs is 1. The Morgan fingerprint density at radius 1 is 1.33 bits per heavy atom. The second-order valence-electron chi connectivity index (χ2n) is 4.19. The summed E-state index contributed by atoms with van der Waals surface area (Å²) in [6.45, 7) is 2.56. The molecule has 0 atom stereocenters. The van der Waals surface area contributed by atoms with E-state index in [2.05, 4.69) is 20.6 Å². The van der Waals surface area contributed by atoms with E-state index in [1.165, 1.54) is 12.8 Å². The van der Waals surface area contributed by atoms with Crippen LogP contribution in [-0.4, -0.2) is 16.5 Å². The number of nitrogens with one attached hydrogen (secondary N) is 2. The Hall–Kier alpha value is -0.870. The molecular formula is C10H13ClN4. The van der Waals surface area contributed by atoms with Gasteiger partial charge in [0.1, 0.15) is 5.15 Å². The van der Waals surface area contributed by atoms with Gasteiger partial charge in [0.2, 0.25) is 5.95 Å². The monoisotopic (exact) mass is 224 g/mol. The summed E-state index contributed by atoms with van der Waals surface area (Å²) in [5, 5.41) is 7.05. The van der Waals surface area contributed by atoms with Crippen molar-refractivity contribution in [3.05, 3.63) is 16.4 Å². The third kappa shape index (κ3) is 1.92. The lowest BCUT2D eigenvalue weighted by Gasteiger charge is -2.06. The summed E-state index contributed by atoms with van der Waals surface area (Å²) in [6, 6.07) is 0. The number of halogens is 1. The standard InChI is InChI=1S/C10H13ClN4/c11-9-7-4-12-5-8(7)14-10(15-9)13-3-6-1-2-6/h6,12H,1-5H2,(H,13,14,15). The molecule has 15 heavy (non-hydrogen) atoms. The molecule has 1 aromatic heterocycles. The number of nitrogens with zero attached hydrogens (tertiary/aromatic N) is 2.